The smallest absolute Gasteiger partial charge is 0.330 e. The summed E-state index contributed by atoms with van der Waals surface area (Å²) in [6.07, 6.45) is 5.10. The van der Waals surface area contributed by atoms with Gasteiger partial charge in [-0.15, -0.1) is 0 Å². The molecule has 0 saturated heterocycles. The number of isocyanates is 1. The maximum absolute atomic E-state index is 10.6. The lowest BCUT2D eigenvalue weighted by Crippen LogP contribution is -2.03. The Hall–Kier alpha value is -1.41. The second-order valence-electron chi connectivity index (χ2n) is 2.94. The van der Waals surface area contributed by atoms with Crippen molar-refractivity contribution in [3.05, 3.63) is 12.7 Å². The van der Waals surface area contributed by atoms with Crippen LogP contribution in [0.25, 0.3) is 0 Å². The lowest BCUT2D eigenvalue weighted by atomic mass is 10.1. The van der Waals surface area contributed by atoms with Crippen LogP contribution in [0, 0.1) is 0 Å². The molecule has 4 heteroatoms. The highest BCUT2D eigenvalue weighted by Crippen LogP contribution is 2.03. The highest BCUT2D eigenvalue weighted by molar-refractivity contribution is 5.81. The van der Waals surface area contributed by atoms with E-state index in [1.165, 1.54) is 6.08 Å². The average Bonchev–Trinajstić information content (AvgIpc) is 2.17. The van der Waals surface area contributed by atoms with Crippen LogP contribution in [0.2, 0.25) is 0 Å². The third-order valence-corrected chi connectivity index (χ3v) is 1.70. The fraction of sp³-hybridized carbons (Fsp3) is 0.600. The van der Waals surface area contributed by atoms with Gasteiger partial charge in [-0.05, 0) is 26.2 Å². The van der Waals surface area contributed by atoms with Crippen LogP contribution in [-0.2, 0) is 14.3 Å². The quantitative estimate of drug-likeness (QED) is 0.205. The van der Waals surface area contributed by atoms with Gasteiger partial charge in [0.2, 0.25) is 6.08 Å². The number of rotatable bonds is 7. The summed E-state index contributed by atoms with van der Waals surface area (Å²) in [6.45, 7) is 5.52. The Morgan fingerprint density at radius 1 is 1.64 bits per heavy atom. The molecular weight excluding hydrogens is 182 g/mol. The van der Waals surface area contributed by atoms with Gasteiger partial charge in [0.25, 0.3) is 0 Å². The SMILES string of the molecule is C=CC(=O)OCCCCC(C)N=C=O. The number of carbonyl (C=O) groups excluding carboxylic acids is 2. The maximum atomic E-state index is 10.6. The minimum absolute atomic E-state index is 0.00241. The Kier molecular flexibility index (Phi) is 7.37. The van der Waals surface area contributed by atoms with Gasteiger partial charge in [-0.25, -0.2) is 14.6 Å². The Morgan fingerprint density at radius 3 is 2.93 bits per heavy atom. The molecule has 0 spiro atoms. The van der Waals surface area contributed by atoms with Crippen LogP contribution >= 0.6 is 0 Å². The highest BCUT2D eigenvalue weighted by atomic mass is 16.5. The van der Waals surface area contributed by atoms with E-state index in [1.54, 1.807) is 0 Å². The minimum atomic E-state index is -0.399. The van der Waals surface area contributed by atoms with Crippen molar-refractivity contribution in [1.29, 1.82) is 0 Å². The third-order valence-electron chi connectivity index (χ3n) is 1.70. The molecule has 14 heavy (non-hydrogen) atoms. The molecule has 0 radical (unpaired) electrons. The molecule has 0 aliphatic rings. The van der Waals surface area contributed by atoms with E-state index in [4.69, 9.17) is 4.74 Å². The first-order valence-electron chi connectivity index (χ1n) is 4.57. The Morgan fingerprint density at radius 2 is 2.36 bits per heavy atom. The van der Waals surface area contributed by atoms with Crippen LogP contribution in [0.4, 0.5) is 0 Å². The van der Waals surface area contributed by atoms with Gasteiger partial charge in [0.05, 0.1) is 12.6 Å². The van der Waals surface area contributed by atoms with Crippen LogP contribution < -0.4 is 0 Å². The number of carbonyl (C=O) groups is 1. The summed E-state index contributed by atoms with van der Waals surface area (Å²) in [5.74, 6) is -0.399. The molecule has 0 amide bonds. The fourth-order valence-corrected chi connectivity index (χ4v) is 0.928. The lowest BCUT2D eigenvalue weighted by Gasteiger charge is -2.03. The average molecular weight is 197 g/mol. The first-order valence-corrected chi connectivity index (χ1v) is 4.57. The Labute approximate surface area is 83.7 Å². The lowest BCUT2D eigenvalue weighted by molar-refractivity contribution is -0.137. The molecule has 0 rings (SSSR count). The van der Waals surface area contributed by atoms with Crippen molar-refractivity contribution in [1.82, 2.24) is 0 Å². The van der Waals surface area contributed by atoms with E-state index in [1.807, 2.05) is 6.92 Å². The van der Waals surface area contributed by atoms with E-state index in [0.29, 0.717) is 6.61 Å². The minimum Gasteiger partial charge on any atom is -0.463 e. The van der Waals surface area contributed by atoms with Crippen molar-refractivity contribution >= 4 is 12.0 Å². The monoisotopic (exact) mass is 197 g/mol. The third kappa shape index (κ3) is 7.25. The predicted molar refractivity (Wildman–Crippen MR) is 52.6 cm³/mol. The number of aliphatic imine (C=N–C) groups is 1. The van der Waals surface area contributed by atoms with Crippen LogP contribution in [0.3, 0.4) is 0 Å². The predicted octanol–water partition coefficient (Wildman–Crippen LogP) is 1.61. The number of nitrogens with zero attached hydrogens (tertiary/aromatic N) is 1. The van der Waals surface area contributed by atoms with E-state index < -0.39 is 5.97 Å². The summed E-state index contributed by atoms with van der Waals surface area (Å²) in [5.41, 5.74) is 0. The molecule has 0 bridgehead atoms. The molecule has 0 heterocycles. The summed E-state index contributed by atoms with van der Waals surface area (Å²) in [4.78, 5) is 24.0. The number of hydrogen-bond acceptors (Lipinski definition) is 4. The van der Waals surface area contributed by atoms with E-state index in [-0.39, 0.29) is 6.04 Å². The van der Waals surface area contributed by atoms with Crippen LogP contribution in [0.15, 0.2) is 17.6 Å². The normalized spacial score (nSPS) is 11.2. The van der Waals surface area contributed by atoms with Gasteiger partial charge < -0.3 is 4.74 Å². The van der Waals surface area contributed by atoms with Gasteiger partial charge in [0, 0.05) is 6.08 Å². The highest BCUT2D eigenvalue weighted by Gasteiger charge is 1.99. The van der Waals surface area contributed by atoms with E-state index in [0.717, 1.165) is 25.3 Å². The second-order valence-corrected chi connectivity index (χ2v) is 2.94. The maximum Gasteiger partial charge on any atom is 0.330 e. The molecule has 0 aromatic rings. The number of ether oxygens (including phenoxy) is 1. The molecule has 0 aliphatic heterocycles. The summed E-state index contributed by atoms with van der Waals surface area (Å²) in [7, 11) is 0. The molecule has 0 fully saturated rings. The molecule has 1 atom stereocenters. The molecule has 0 aromatic carbocycles. The van der Waals surface area contributed by atoms with Crippen LogP contribution in [0.5, 0.6) is 0 Å². The van der Waals surface area contributed by atoms with Crippen molar-refractivity contribution in [3.63, 3.8) is 0 Å². The topological polar surface area (TPSA) is 55.7 Å². The first-order chi connectivity index (χ1) is 6.70. The molecule has 0 aliphatic carbocycles. The van der Waals surface area contributed by atoms with Gasteiger partial charge in [0.1, 0.15) is 0 Å². The number of unbranched alkanes of at least 4 members (excludes halogenated alkanes) is 1. The summed E-state index contributed by atoms with van der Waals surface area (Å²) >= 11 is 0. The van der Waals surface area contributed by atoms with E-state index in [2.05, 4.69) is 11.6 Å². The van der Waals surface area contributed by atoms with Gasteiger partial charge >= 0.3 is 5.97 Å². The molecule has 0 saturated carbocycles. The van der Waals surface area contributed by atoms with Gasteiger partial charge in [0.15, 0.2) is 0 Å². The standard InChI is InChI=1S/C10H15NO3/c1-3-10(13)14-7-5-4-6-9(2)11-8-12/h3,9H,1,4-7H2,2H3. The Bertz CT molecular complexity index is 232. The number of hydrogen-bond donors (Lipinski definition) is 0. The van der Waals surface area contributed by atoms with E-state index >= 15 is 0 Å². The van der Waals surface area contributed by atoms with Crippen molar-refractivity contribution in [2.45, 2.75) is 32.2 Å². The molecule has 78 valence electrons. The Balaban J connectivity index is 3.33. The molecule has 0 N–H and O–H groups in total. The van der Waals surface area contributed by atoms with Crippen molar-refractivity contribution in [3.8, 4) is 0 Å². The van der Waals surface area contributed by atoms with Gasteiger partial charge in [-0.2, -0.15) is 0 Å². The van der Waals surface area contributed by atoms with Gasteiger partial charge in [-0.1, -0.05) is 6.58 Å². The molecular formula is C10H15NO3. The van der Waals surface area contributed by atoms with Crippen molar-refractivity contribution < 1.29 is 14.3 Å². The van der Waals surface area contributed by atoms with Crippen LogP contribution in [0.1, 0.15) is 26.2 Å². The van der Waals surface area contributed by atoms with E-state index in [9.17, 15) is 9.59 Å². The van der Waals surface area contributed by atoms with Gasteiger partial charge in [-0.3, -0.25) is 0 Å². The fourth-order valence-electron chi connectivity index (χ4n) is 0.928. The molecule has 1 unspecified atom stereocenters. The zero-order valence-electron chi connectivity index (χ0n) is 8.36. The molecule has 4 nitrogen and oxygen atoms in total. The summed E-state index contributed by atoms with van der Waals surface area (Å²) < 4.78 is 4.77. The largest absolute Gasteiger partial charge is 0.463 e. The van der Waals surface area contributed by atoms with Crippen LogP contribution in [-0.4, -0.2) is 24.7 Å². The summed E-state index contributed by atoms with van der Waals surface area (Å²) in [5, 5.41) is 0. The van der Waals surface area contributed by atoms with Crippen molar-refractivity contribution in [2.24, 2.45) is 4.99 Å². The number of esters is 1. The molecule has 0 aromatic heterocycles. The second kappa shape index (κ2) is 8.20. The van der Waals surface area contributed by atoms with Crippen molar-refractivity contribution in [2.75, 3.05) is 6.61 Å². The summed E-state index contributed by atoms with van der Waals surface area (Å²) in [6, 6.07) is 0.00241. The first kappa shape index (κ1) is 12.6. The zero-order valence-corrected chi connectivity index (χ0v) is 8.36. The zero-order chi connectivity index (χ0) is 10.8.